The van der Waals surface area contributed by atoms with Gasteiger partial charge in [-0.1, -0.05) is 44.2 Å². The lowest BCUT2D eigenvalue weighted by Crippen LogP contribution is -2.30. The first kappa shape index (κ1) is 21.4. The Balaban J connectivity index is 1.27. The minimum absolute atomic E-state index is 0.0652. The van der Waals surface area contributed by atoms with Crippen LogP contribution in [0.3, 0.4) is 0 Å². The lowest BCUT2D eigenvalue weighted by molar-refractivity contribution is 0.0986. The van der Waals surface area contributed by atoms with Gasteiger partial charge in [-0.15, -0.1) is 0 Å². The largest absolute Gasteiger partial charge is 0.489 e. The molecule has 3 fully saturated rings. The van der Waals surface area contributed by atoms with E-state index in [1.165, 1.54) is 63.2 Å². The summed E-state index contributed by atoms with van der Waals surface area (Å²) in [6, 6.07) is 10.5. The molecule has 5 heteroatoms. The smallest absolute Gasteiger partial charge is 0.414 e. The third kappa shape index (κ3) is 4.39. The van der Waals surface area contributed by atoms with Crippen LogP contribution in [0.5, 0.6) is 5.75 Å². The van der Waals surface area contributed by atoms with E-state index in [2.05, 4.69) is 46.9 Å². The van der Waals surface area contributed by atoms with Crippen LogP contribution in [0.25, 0.3) is 10.8 Å². The predicted octanol–water partition coefficient (Wildman–Crippen LogP) is 7.31. The average molecular weight is 533 g/mol. The third-order valence-electron chi connectivity index (χ3n) is 7.59. The van der Waals surface area contributed by atoms with Crippen molar-refractivity contribution in [2.75, 3.05) is 11.5 Å². The van der Waals surface area contributed by atoms with E-state index in [0.717, 1.165) is 32.2 Å². The molecular weight excluding hydrogens is 501 g/mol. The van der Waals surface area contributed by atoms with Gasteiger partial charge in [-0.05, 0) is 96.0 Å². The summed E-state index contributed by atoms with van der Waals surface area (Å²) in [6.07, 6.45) is 12.3. The number of cyclic esters (lactones) is 1. The summed E-state index contributed by atoms with van der Waals surface area (Å²) in [5.41, 5.74) is 0.896. The van der Waals surface area contributed by atoms with Crippen molar-refractivity contribution in [3.63, 3.8) is 0 Å². The summed E-state index contributed by atoms with van der Waals surface area (Å²) in [4.78, 5) is 13.8. The summed E-state index contributed by atoms with van der Waals surface area (Å²) in [6.45, 7) is 2.46. The maximum Gasteiger partial charge on any atom is 0.414 e. The molecule has 5 rings (SSSR count). The first-order chi connectivity index (χ1) is 15.1. The second kappa shape index (κ2) is 9.16. The van der Waals surface area contributed by atoms with E-state index >= 15 is 0 Å². The molecule has 0 radical (unpaired) electrons. The van der Waals surface area contributed by atoms with Gasteiger partial charge in [0.2, 0.25) is 0 Å². The summed E-state index contributed by atoms with van der Waals surface area (Å²) in [5, 5.41) is 2.31. The lowest BCUT2D eigenvalue weighted by Gasteiger charge is -2.36. The standard InChI is InChI=1S/C26H32INO3/c1-17-16-30-26(29)28(17)21-10-13-23-20(15-21)9-14-24(25(23)27)31-22-11-7-19(8-12-22)18-5-3-2-4-6-18/h9-10,13-15,17-19,22H,2-8,11-12,16H2,1H3/t17-,19?,22?/m1/s1. The number of amides is 1. The number of benzene rings is 2. The number of carbonyl (C=O) groups is 1. The number of rotatable bonds is 4. The quantitative estimate of drug-likeness (QED) is 0.387. The van der Waals surface area contributed by atoms with Gasteiger partial charge in [0, 0.05) is 5.69 Å². The normalized spacial score (nSPS) is 27.5. The van der Waals surface area contributed by atoms with Gasteiger partial charge in [0.25, 0.3) is 0 Å². The third-order valence-corrected chi connectivity index (χ3v) is 8.71. The maximum atomic E-state index is 12.1. The van der Waals surface area contributed by atoms with Gasteiger partial charge in [-0.2, -0.15) is 0 Å². The molecule has 1 saturated heterocycles. The number of carbonyl (C=O) groups excluding carboxylic acids is 1. The van der Waals surface area contributed by atoms with Crippen molar-refractivity contribution >= 4 is 45.1 Å². The molecule has 2 aromatic rings. The predicted molar refractivity (Wildman–Crippen MR) is 133 cm³/mol. The van der Waals surface area contributed by atoms with Gasteiger partial charge in [-0.3, -0.25) is 4.90 Å². The molecule has 1 amide bonds. The van der Waals surface area contributed by atoms with Crippen LogP contribution in [0.15, 0.2) is 30.3 Å². The molecule has 4 nitrogen and oxygen atoms in total. The zero-order valence-electron chi connectivity index (χ0n) is 18.3. The highest BCUT2D eigenvalue weighted by atomic mass is 127. The van der Waals surface area contributed by atoms with Crippen LogP contribution in [0.1, 0.15) is 64.7 Å². The van der Waals surface area contributed by atoms with Crippen LogP contribution in [-0.2, 0) is 4.74 Å². The molecule has 31 heavy (non-hydrogen) atoms. The van der Waals surface area contributed by atoms with E-state index in [1.54, 1.807) is 4.90 Å². The molecule has 0 unspecified atom stereocenters. The highest BCUT2D eigenvalue weighted by Gasteiger charge is 2.31. The molecule has 1 atom stereocenters. The van der Waals surface area contributed by atoms with Gasteiger partial charge >= 0.3 is 6.09 Å². The van der Waals surface area contributed by atoms with Crippen LogP contribution in [0.4, 0.5) is 10.5 Å². The van der Waals surface area contributed by atoms with E-state index in [0.29, 0.717) is 12.7 Å². The fourth-order valence-electron chi connectivity index (χ4n) is 5.84. The SMILES string of the molecule is C[C@@H]1COC(=O)N1c1ccc2c(I)c(OC3CCC(C4CCCCC4)CC3)ccc2c1. The number of ether oxygens (including phenoxy) is 2. The molecular formula is C26H32INO3. The van der Waals surface area contributed by atoms with Crippen molar-refractivity contribution in [3.8, 4) is 5.75 Å². The zero-order chi connectivity index (χ0) is 21.4. The van der Waals surface area contributed by atoms with Crippen LogP contribution >= 0.6 is 22.6 Å². The van der Waals surface area contributed by atoms with Crippen molar-refractivity contribution in [3.05, 3.63) is 33.9 Å². The van der Waals surface area contributed by atoms with Crippen molar-refractivity contribution < 1.29 is 14.3 Å². The molecule has 0 bridgehead atoms. The second-order valence-corrected chi connectivity index (χ2v) is 10.7. The number of hydrogen-bond acceptors (Lipinski definition) is 3. The molecule has 166 valence electrons. The molecule has 1 aliphatic heterocycles. The van der Waals surface area contributed by atoms with Gasteiger partial charge in [0.1, 0.15) is 12.4 Å². The topological polar surface area (TPSA) is 38.8 Å². The second-order valence-electron chi connectivity index (χ2n) is 9.63. The van der Waals surface area contributed by atoms with Crippen LogP contribution in [0, 0.1) is 15.4 Å². The van der Waals surface area contributed by atoms with Crippen LogP contribution in [-0.4, -0.2) is 24.8 Å². The Labute approximate surface area is 198 Å². The highest BCUT2D eigenvalue weighted by molar-refractivity contribution is 14.1. The molecule has 0 aromatic heterocycles. The Hall–Kier alpha value is -1.50. The zero-order valence-corrected chi connectivity index (χ0v) is 20.5. The van der Waals surface area contributed by atoms with Crippen molar-refractivity contribution in [2.45, 2.75) is 76.9 Å². The highest BCUT2D eigenvalue weighted by Crippen LogP contribution is 2.40. The molecule has 0 spiro atoms. The Morgan fingerprint density at radius 3 is 2.42 bits per heavy atom. The van der Waals surface area contributed by atoms with Gasteiger partial charge < -0.3 is 9.47 Å². The minimum Gasteiger partial charge on any atom is -0.489 e. The Bertz CT molecular complexity index is 947. The number of hydrogen-bond donors (Lipinski definition) is 0. The molecule has 2 aromatic carbocycles. The number of nitrogens with zero attached hydrogens (tertiary/aromatic N) is 1. The number of anilines is 1. The van der Waals surface area contributed by atoms with E-state index in [-0.39, 0.29) is 12.1 Å². The maximum absolute atomic E-state index is 12.1. The van der Waals surface area contributed by atoms with Crippen molar-refractivity contribution in [1.29, 1.82) is 0 Å². The van der Waals surface area contributed by atoms with Gasteiger partial charge in [-0.25, -0.2) is 4.79 Å². The van der Waals surface area contributed by atoms with Crippen LogP contribution < -0.4 is 9.64 Å². The van der Waals surface area contributed by atoms with Gasteiger partial charge in [0.15, 0.2) is 0 Å². The summed E-state index contributed by atoms with van der Waals surface area (Å²) in [7, 11) is 0. The number of fused-ring (bicyclic) bond motifs is 1. The van der Waals surface area contributed by atoms with E-state index in [4.69, 9.17) is 9.47 Å². The monoisotopic (exact) mass is 533 g/mol. The average Bonchev–Trinajstić information content (AvgIpc) is 3.14. The van der Waals surface area contributed by atoms with E-state index in [1.807, 2.05) is 13.0 Å². The molecule has 2 aliphatic carbocycles. The molecule has 3 aliphatic rings. The van der Waals surface area contributed by atoms with Crippen LogP contribution in [0.2, 0.25) is 0 Å². The Morgan fingerprint density at radius 2 is 1.71 bits per heavy atom. The fourth-order valence-corrected chi connectivity index (χ4v) is 6.64. The van der Waals surface area contributed by atoms with E-state index < -0.39 is 0 Å². The summed E-state index contributed by atoms with van der Waals surface area (Å²) in [5.74, 6) is 2.89. The van der Waals surface area contributed by atoms with E-state index in [9.17, 15) is 4.79 Å². The van der Waals surface area contributed by atoms with Gasteiger partial charge in [0.05, 0.1) is 15.7 Å². The number of halogens is 1. The first-order valence-electron chi connectivity index (χ1n) is 11.9. The fraction of sp³-hybridized carbons (Fsp3) is 0.577. The molecule has 0 N–H and O–H groups in total. The molecule has 2 saturated carbocycles. The van der Waals surface area contributed by atoms with Crippen molar-refractivity contribution in [1.82, 2.24) is 0 Å². The first-order valence-corrected chi connectivity index (χ1v) is 13.0. The molecule has 1 heterocycles. The lowest BCUT2D eigenvalue weighted by atomic mass is 9.73. The van der Waals surface area contributed by atoms with Crippen molar-refractivity contribution in [2.24, 2.45) is 11.8 Å². The Morgan fingerprint density at radius 1 is 0.968 bits per heavy atom. The summed E-state index contributed by atoms with van der Waals surface area (Å²) >= 11 is 2.41. The Kier molecular flexibility index (Phi) is 6.31. The summed E-state index contributed by atoms with van der Waals surface area (Å²) < 4.78 is 12.8. The minimum atomic E-state index is -0.259.